The largest absolute Gasteiger partial charge is 0.493 e. The Bertz CT molecular complexity index is 348. The van der Waals surface area contributed by atoms with Crippen LogP contribution in [0, 0.1) is 0 Å². The first-order valence-electron chi connectivity index (χ1n) is 6.06. The molecule has 1 aromatic carbocycles. The molecule has 0 amide bonds. The van der Waals surface area contributed by atoms with E-state index >= 15 is 0 Å². The first-order chi connectivity index (χ1) is 8.28. The lowest BCUT2D eigenvalue weighted by Gasteiger charge is -2.15. The predicted molar refractivity (Wildman–Crippen MR) is 69.3 cm³/mol. The van der Waals surface area contributed by atoms with Crippen molar-refractivity contribution in [3.63, 3.8) is 0 Å². The average molecular weight is 238 g/mol. The van der Waals surface area contributed by atoms with Gasteiger partial charge < -0.3 is 14.2 Å². The summed E-state index contributed by atoms with van der Waals surface area (Å²) in [7, 11) is 4.94. The molecule has 3 nitrogen and oxygen atoms in total. The highest BCUT2D eigenvalue weighted by Crippen LogP contribution is 2.40. The van der Waals surface area contributed by atoms with Crippen molar-refractivity contribution in [2.75, 3.05) is 21.3 Å². The van der Waals surface area contributed by atoms with Crippen LogP contribution in [0.2, 0.25) is 0 Å². The maximum Gasteiger partial charge on any atom is 0.203 e. The Morgan fingerprint density at radius 2 is 1.59 bits per heavy atom. The Kier molecular flexibility index (Phi) is 5.67. The zero-order valence-electron chi connectivity index (χ0n) is 11.2. The fraction of sp³-hybridized carbons (Fsp3) is 0.571. The second-order valence-electron chi connectivity index (χ2n) is 3.95. The van der Waals surface area contributed by atoms with E-state index in [0.29, 0.717) is 11.5 Å². The molecule has 0 aliphatic rings. The highest BCUT2D eigenvalue weighted by Gasteiger charge is 2.14. The third-order valence-electron chi connectivity index (χ3n) is 2.84. The number of unbranched alkanes of at least 4 members (excludes halogenated alkanes) is 2. The first-order valence-corrected chi connectivity index (χ1v) is 6.06. The van der Waals surface area contributed by atoms with Crippen LogP contribution in [0.15, 0.2) is 12.1 Å². The molecule has 0 aliphatic carbocycles. The highest BCUT2D eigenvalue weighted by molar-refractivity contribution is 5.55. The summed E-state index contributed by atoms with van der Waals surface area (Å²) < 4.78 is 16.0. The van der Waals surface area contributed by atoms with Crippen molar-refractivity contribution in [3.8, 4) is 17.2 Å². The van der Waals surface area contributed by atoms with Crippen molar-refractivity contribution in [3.05, 3.63) is 17.7 Å². The summed E-state index contributed by atoms with van der Waals surface area (Å²) in [4.78, 5) is 0. The molecule has 96 valence electrons. The number of ether oxygens (including phenoxy) is 3. The zero-order chi connectivity index (χ0) is 12.7. The van der Waals surface area contributed by atoms with Crippen LogP contribution < -0.4 is 14.2 Å². The van der Waals surface area contributed by atoms with E-state index in [9.17, 15) is 0 Å². The molecule has 0 spiro atoms. The molecular formula is C14H22O3. The lowest BCUT2D eigenvalue weighted by Crippen LogP contribution is -1.99. The SMILES string of the molecule is CCCCCc1ccc(OC)c(OC)c1OC. The van der Waals surface area contributed by atoms with E-state index in [4.69, 9.17) is 14.2 Å². The van der Waals surface area contributed by atoms with Crippen LogP contribution >= 0.6 is 0 Å². The highest BCUT2D eigenvalue weighted by atomic mass is 16.5. The minimum Gasteiger partial charge on any atom is -0.493 e. The fourth-order valence-electron chi connectivity index (χ4n) is 1.93. The summed E-state index contributed by atoms with van der Waals surface area (Å²) >= 11 is 0. The lowest BCUT2D eigenvalue weighted by atomic mass is 10.1. The van der Waals surface area contributed by atoms with Gasteiger partial charge in [0.25, 0.3) is 0 Å². The van der Waals surface area contributed by atoms with Gasteiger partial charge in [-0.05, 0) is 24.5 Å². The normalized spacial score (nSPS) is 10.1. The van der Waals surface area contributed by atoms with E-state index in [-0.39, 0.29) is 0 Å². The zero-order valence-corrected chi connectivity index (χ0v) is 11.2. The van der Waals surface area contributed by atoms with Crippen LogP contribution in [0.4, 0.5) is 0 Å². The van der Waals surface area contributed by atoms with Crippen LogP contribution in [0.3, 0.4) is 0 Å². The smallest absolute Gasteiger partial charge is 0.203 e. The minimum atomic E-state index is 0.684. The molecule has 0 saturated carbocycles. The molecule has 0 atom stereocenters. The second-order valence-corrected chi connectivity index (χ2v) is 3.95. The van der Waals surface area contributed by atoms with Crippen molar-refractivity contribution in [1.29, 1.82) is 0 Å². The number of hydrogen-bond donors (Lipinski definition) is 0. The third kappa shape index (κ3) is 3.29. The molecule has 0 radical (unpaired) electrons. The number of hydrogen-bond acceptors (Lipinski definition) is 3. The van der Waals surface area contributed by atoms with Crippen molar-refractivity contribution < 1.29 is 14.2 Å². The Labute approximate surface area is 104 Å². The quantitative estimate of drug-likeness (QED) is 0.681. The van der Waals surface area contributed by atoms with Crippen molar-refractivity contribution >= 4 is 0 Å². The third-order valence-corrected chi connectivity index (χ3v) is 2.84. The van der Waals surface area contributed by atoms with E-state index in [0.717, 1.165) is 12.2 Å². The number of methoxy groups -OCH3 is 3. The molecule has 3 heteroatoms. The fourth-order valence-corrected chi connectivity index (χ4v) is 1.93. The summed E-state index contributed by atoms with van der Waals surface area (Å²) in [5, 5.41) is 0. The second kappa shape index (κ2) is 7.05. The van der Waals surface area contributed by atoms with Crippen LogP contribution in [-0.4, -0.2) is 21.3 Å². The molecule has 1 aromatic rings. The van der Waals surface area contributed by atoms with Gasteiger partial charge in [0.15, 0.2) is 11.5 Å². The van der Waals surface area contributed by atoms with Gasteiger partial charge in [-0.3, -0.25) is 0 Å². The maximum absolute atomic E-state index is 5.44. The van der Waals surface area contributed by atoms with Gasteiger partial charge in [-0.2, -0.15) is 0 Å². The molecule has 1 rings (SSSR count). The van der Waals surface area contributed by atoms with Crippen molar-refractivity contribution in [1.82, 2.24) is 0 Å². The first kappa shape index (κ1) is 13.7. The molecule has 0 N–H and O–H groups in total. The number of benzene rings is 1. The Balaban J connectivity index is 2.97. The molecule has 17 heavy (non-hydrogen) atoms. The van der Waals surface area contributed by atoms with Crippen molar-refractivity contribution in [2.24, 2.45) is 0 Å². The molecule has 0 unspecified atom stereocenters. The average Bonchev–Trinajstić information content (AvgIpc) is 2.38. The molecule has 0 aromatic heterocycles. The molecule has 0 heterocycles. The van der Waals surface area contributed by atoms with Crippen LogP contribution in [0.25, 0.3) is 0 Å². The molecule has 0 aliphatic heterocycles. The van der Waals surface area contributed by atoms with Gasteiger partial charge in [-0.15, -0.1) is 0 Å². The summed E-state index contributed by atoms with van der Waals surface area (Å²) in [6, 6.07) is 3.98. The standard InChI is InChI=1S/C14H22O3/c1-5-6-7-8-11-9-10-12(15-2)14(17-4)13(11)16-3/h9-10H,5-8H2,1-4H3. The Morgan fingerprint density at radius 1 is 0.882 bits per heavy atom. The predicted octanol–water partition coefficient (Wildman–Crippen LogP) is 3.45. The summed E-state index contributed by atoms with van der Waals surface area (Å²) in [5.41, 5.74) is 1.18. The molecule has 0 fully saturated rings. The summed E-state index contributed by atoms with van der Waals surface area (Å²) in [5.74, 6) is 2.19. The van der Waals surface area contributed by atoms with Crippen LogP contribution in [0.5, 0.6) is 17.2 Å². The topological polar surface area (TPSA) is 27.7 Å². The van der Waals surface area contributed by atoms with Gasteiger partial charge in [-0.1, -0.05) is 25.8 Å². The van der Waals surface area contributed by atoms with E-state index in [2.05, 4.69) is 13.0 Å². The Morgan fingerprint density at radius 3 is 2.12 bits per heavy atom. The van der Waals surface area contributed by atoms with Crippen LogP contribution in [0.1, 0.15) is 31.7 Å². The monoisotopic (exact) mass is 238 g/mol. The van der Waals surface area contributed by atoms with Gasteiger partial charge >= 0.3 is 0 Å². The van der Waals surface area contributed by atoms with Crippen molar-refractivity contribution in [2.45, 2.75) is 32.6 Å². The van der Waals surface area contributed by atoms with Gasteiger partial charge in [0.1, 0.15) is 0 Å². The van der Waals surface area contributed by atoms with E-state index in [1.165, 1.54) is 24.8 Å². The number of aryl methyl sites for hydroxylation is 1. The van der Waals surface area contributed by atoms with E-state index < -0.39 is 0 Å². The van der Waals surface area contributed by atoms with E-state index in [1.807, 2.05) is 6.07 Å². The van der Waals surface area contributed by atoms with Gasteiger partial charge in [0.05, 0.1) is 21.3 Å². The van der Waals surface area contributed by atoms with Gasteiger partial charge in [0.2, 0.25) is 5.75 Å². The van der Waals surface area contributed by atoms with Gasteiger partial charge in [-0.25, -0.2) is 0 Å². The van der Waals surface area contributed by atoms with Crippen LogP contribution in [-0.2, 0) is 6.42 Å². The Hall–Kier alpha value is -1.38. The maximum atomic E-state index is 5.44. The molecule has 0 bridgehead atoms. The van der Waals surface area contributed by atoms with E-state index in [1.54, 1.807) is 21.3 Å². The number of rotatable bonds is 7. The lowest BCUT2D eigenvalue weighted by molar-refractivity contribution is 0.322. The molecular weight excluding hydrogens is 216 g/mol. The summed E-state index contributed by atoms with van der Waals surface area (Å²) in [6.45, 7) is 2.20. The summed E-state index contributed by atoms with van der Waals surface area (Å²) in [6.07, 6.45) is 4.63. The van der Waals surface area contributed by atoms with Gasteiger partial charge in [0, 0.05) is 0 Å². The minimum absolute atomic E-state index is 0.684. The molecule has 0 saturated heterocycles.